The van der Waals surface area contributed by atoms with Crippen LogP contribution in [0.1, 0.15) is 18.4 Å². The average molecular weight is 400 g/mol. The van der Waals surface area contributed by atoms with Gasteiger partial charge in [0.15, 0.2) is 0 Å². The second kappa shape index (κ2) is 9.13. The summed E-state index contributed by atoms with van der Waals surface area (Å²) < 4.78 is 12.9. The van der Waals surface area contributed by atoms with E-state index in [9.17, 15) is 24.1 Å². The highest BCUT2D eigenvalue weighted by Gasteiger charge is 2.28. The maximum Gasteiger partial charge on any atom is 0.292 e. The van der Waals surface area contributed by atoms with Gasteiger partial charge in [-0.25, -0.2) is 4.39 Å². The number of anilines is 1. The van der Waals surface area contributed by atoms with Gasteiger partial charge in [-0.3, -0.25) is 30.6 Å². The van der Waals surface area contributed by atoms with E-state index in [4.69, 9.17) is 0 Å². The molecule has 0 aliphatic carbocycles. The summed E-state index contributed by atoms with van der Waals surface area (Å²) in [6.45, 7) is 1.01. The van der Waals surface area contributed by atoms with Crippen LogP contribution in [0.3, 0.4) is 0 Å². The molecule has 1 saturated heterocycles. The molecule has 2 aromatic carbocycles. The Hall–Kier alpha value is -3.49. The van der Waals surface area contributed by atoms with Crippen molar-refractivity contribution in [3.63, 3.8) is 0 Å². The average Bonchev–Trinajstić information content (AvgIpc) is 2.74. The Bertz CT molecular complexity index is 896. The quantitative estimate of drug-likeness (QED) is 0.592. The van der Waals surface area contributed by atoms with Gasteiger partial charge in [-0.15, -0.1) is 0 Å². The third-order valence-electron chi connectivity index (χ3n) is 4.89. The topological polar surface area (TPSA) is 105 Å². The van der Waals surface area contributed by atoms with E-state index in [-0.39, 0.29) is 29.8 Å². The number of nitrogens with one attached hydrogen (secondary N) is 2. The predicted octanol–water partition coefficient (Wildman–Crippen LogP) is 2.34. The Morgan fingerprint density at radius 3 is 2.38 bits per heavy atom. The van der Waals surface area contributed by atoms with Gasteiger partial charge in [-0.1, -0.05) is 24.3 Å². The number of para-hydroxylation sites is 2. The maximum absolute atomic E-state index is 12.9. The molecule has 0 aromatic heterocycles. The highest BCUT2D eigenvalue weighted by molar-refractivity contribution is 5.84. The van der Waals surface area contributed by atoms with Crippen molar-refractivity contribution in [3.05, 3.63) is 70.0 Å². The first-order valence-electron chi connectivity index (χ1n) is 9.25. The Morgan fingerprint density at radius 1 is 1.07 bits per heavy atom. The number of piperidine rings is 1. The lowest BCUT2D eigenvalue weighted by Crippen LogP contribution is -2.47. The minimum Gasteiger partial charge on any atom is -0.366 e. The Kier molecular flexibility index (Phi) is 6.38. The second-order valence-electron chi connectivity index (χ2n) is 6.85. The van der Waals surface area contributed by atoms with Crippen molar-refractivity contribution < 1.29 is 18.9 Å². The van der Waals surface area contributed by atoms with Crippen molar-refractivity contribution in [1.82, 2.24) is 10.9 Å². The largest absolute Gasteiger partial charge is 0.366 e. The van der Waals surface area contributed by atoms with Crippen LogP contribution in [0.5, 0.6) is 0 Å². The Morgan fingerprint density at radius 2 is 1.72 bits per heavy atom. The van der Waals surface area contributed by atoms with E-state index in [1.54, 1.807) is 18.2 Å². The molecule has 1 heterocycles. The van der Waals surface area contributed by atoms with Crippen LogP contribution in [-0.4, -0.2) is 29.8 Å². The van der Waals surface area contributed by atoms with Crippen molar-refractivity contribution in [2.45, 2.75) is 19.3 Å². The van der Waals surface area contributed by atoms with E-state index in [0.29, 0.717) is 37.2 Å². The van der Waals surface area contributed by atoms with Crippen molar-refractivity contribution >= 4 is 23.2 Å². The molecule has 0 spiro atoms. The van der Waals surface area contributed by atoms with E-state index >= 15 is 0 Å². The van der Waals surface area contributed by atoms with Gasteiger partial charge in [0.05, 0.1) is 11.3 Å². The summed E-state index contributed by atoms with van der Waals surface area (Å²) >= 11 is 0. The van der Waals surface area contributed by atoms with E-state index in [2.05, 4.69) is 10.9 Å². The first-order valence-corrected chi connectivity index (χ1v) is 9.25. The Balaban J connectivity index is 1.47. The third kappa shape index (κ3) is 5.28. The van der Waals surface area contributed by atoms with Crippen LogP contribution in [0, 0.1) is 21.8 Å². The molecule has 9 heteroatoms. The van der Waals surface area contributed by atoms with Gasteiger partial charge >= 0.3 is 0 Å². The molecule has 3 rings (SSSR count). The number of carbonyl (C=O) groups excluding carboxylic acids is 2. The molecular formula is C20H21FN4O4. The molecule has 2 aromatic rings. The number of nitro benzene ring substituents is 1. The minimum atomic E-state index is -0.412. The van der Waals surface area contributed by atoms with Crippen LogP contribution < -0.4 is 15.8 Å². The van der Waals surface area contributed by atoms with E-state index < -0.39 is 10.8 Å². The minimum absolute atomic E-state index is 0.0245. The molecule has 2 N–H and O–H groups in total. The van der Waals surface area contributed by atoms with Gasteiger partial charge in [0.2, 0.25) is 11.8 Å². The number of amides is 2. The summed E-state index contributed by atoms with van der Waals surface area (Å²) in [5, 5.41) is 11.2. The maximum atomic E-state index is 12.9. The van der Waals surface area contributed by atoms with Gasteiger partial charge in [0.1, 0.15) is 11.5 Å². The zero-order valence-electron chi connectivity index (χ0n) is 15.6. The van der Waals surface area contributed by atoms with Crippen LogP contribution in [0.25, 0.3) is 0 Å². The van der Waals surface area contributed by atoms with Crippen LogP contribution in [0.15, 0.2) is 48.5 Å². The zero-order chi connectivity index (χ0) is 20.8. The number of hydrogen-bond acceptors (Lipinski definition) is 5. The normalized spacial score (nSPS) is 14.3. The molecule has 8 nitrogen and oxygen atoms in total. The number of rotatable bonds is 5. The lowest BCUT2D eigenvalue weighted by Gasteiger charge is -2.32. The molecule has 1 aliphatic heterocycles. The number of carbonyl (C=O) groups is 2. The number of nitro groups is 1. The fourth-order valence-corrected chi connectivity index (χ4v) is 3.33. The summed E-state index contributed by atoms with van der Waals surface area (Å²) in [7, 11) is 0. The van der Waals surface area contributed by atoms with Crippen LogP contribution >= 0.6 is 0 Å². The smallest absolute Gasteiger partial charge is 0.292 e. The standard InChI is InChI=1S/C20H21FN4O4/c21-16-7-5-14(6-8-16)13-19(26)22-23-20(27)15-9-11-24(12-10-15)17-3-1-2-4-18(17)25(28)29/h1-8,15H,9-13H2,(H,22,26)(H,23,27). The van der Waals surface area contributed by atoms with Gasteiger partial charge in [0.25, 0.3) is 5.69 Å². The van der Waals surface area contributed by atoms with Gasteiger partial charge in [-0.05, 0) is 36.6 Å². The lowest BCUT2D eigenvalue weighted by molar-refractivity contribution is -0.384. The van der Waals surface area contributed by atoms with Crippen LogP contribution in [-0.2, 0) is 16.0 Å². The summed E-state index contributed by atoms with van der Waals surface area (Å²) in [5.41, 5.74) is 6.03. The fraction of sp³-hybridized carbons (Fsp3) is 0.300. The van der Waals surface area contributed by atoms with Gasteiger partial charge in [-0.2, -0.15) is 0 Å². The second-order valence-corrected chi connectivity index (χ2v) is 6.85. The van der Waals surface area contributed by atoms with Crippen molar-refractivity contribution in [3.8, 4) is 0 Å². The zero-order valence-corrected chi connectivity index (χ0v) is 15.6. The summed E-state index contributed by atoms with van der Waals surface area (Å²) in [5.74, 6) is -1.36. The lowest BCUT2D eigenvalue weighted by atomic mass is 9.95. The number of hydrogen-bond donors (Lipinski definition) is 2. The summed E-state index contributed by atoms with van der Waals surface area (Å²) in [4.78, 5) is 36.9. The number of benzene rings is 2. The molecule has 0 radical (unpaired) electrons. The highest BCUT2D eigenvalue weighted by Crippen LogP contribution is 2.31. The van der Waals surface area contributed by atoms with E-state index in [1.165, 1.54) is 30.3 Å². The van der Waals surface area contributed by atoms with E-state index in [0.717, 1.165) is 0 Å². The molecule has 29 heavy (non-hydrogen) atoms. The molecule has 0 unspecified atom stereocenters. The van der Waals surface area contributed by atoms with Gasteiger partial charge in [0, 0.05) is 25.1 Å². The van der Waals surface area contributed by atoms with Crippen molar-refractivity contribution in [2.24, 2.45) is 5.92 Å². The van der Waals surface area contributed by atoms with Gasteiger partial charge < -0.3 is 4.90 Å². The van der Waals surface area contributed by atoms with Crippen molar-refractivity contribution in [1.29, 1.82) is 0 Å². The monoisotopic (exact) mass is 400 g/mol. The Labute approximate surface area is 166 Å². The summed E-state index contributed by atoms with van der Waals surface area (Å²) in [6.07, 6.45) is 1.06. The predicted molar refractivity (Wildman–Crippen MR) is 104 cm³/mol. The molecule has 2 amide bonds. The molecule has 0 bridgehead atoms. The molecule has 152 valence electrons. The third-order valence-corrected chi connectivity index (χ3v) is 4.89. The fourth-order valence-electron chi connectivity index (χ4n) is 3.33. The number of halogens is 1. The first-order chi connectivity index (χ1) is 13.9. The highest BCUT2D eigenvalue weighted by atomic mass is 19.1. The molecule has 0 atom stereocenters. The molecule has 1 aliphatic rings. The van der Waals surface area contributed by atoms with Crippen LogP contribution in [0.2, 0.25) is 0 Å². The SMILES string of the molecule is O=C(Cc1ccc(F)cc1)NNC(=O)C1CCN(c2ccccc2[N+](=O)[O-])CC1. The van der Waals surface area contributed by atoms with E-state index in [1.807, 2.05) is 4.90 Å². The molecule has 1 fully saturated rings. The van der Waals surface area contributed by atoms with Crippen LogP contribution in [0.4, 0.5) is 15.8 Å². The number of hydrazine groups is 1. The first kappa shape index (κ1) is 20.2. The molecule has 0 saturated carbocycles. The number of nitrogens with zero attached hydrogens (tertiary/aromatic N) is 2. The summed E-state index contributed by atoms with van der Waals surface area (Å²) in [6, 6.07) is 12.1. The van der Waals surface area contributed by atoms with Crippen molar-refractivity contribution in [2.75, 3.05) is 18.0 Å². The molecular weight excluding hydrogens is 379 g/mol.